The first-order valence-corrected chi connectivity index (χ1v) is 9.58. The highest BCUT2D eigenvalue weighted by atomic mass is 16.5. The molecule has 0 unspecified atom stereocenters. The van der Waals surface area contributed by atoms with Crippen LogP contribution < -0.4 is 24.3 Å². The van der Waals surface area contributed by atoms with Crippen molar-refractivity contribution >= 4 is 5.69 Å². The van der Waals surface area contributed by atoms with Crippen molar-refractivity contribution in [1.82, 2.24) is 4.90 Å². The van der Waals surface area contributed by atoms with E-state index in [-0.39, 0.29) is 0 Å². The van der Waals surface area contributed by atoms with Crippen LogP contribution in [0, 0.1) is 0 Å². The van der Waals surface area contributed by atoms with Crippen LogP contribution in [0.2, 0.25) is 0 Å². The number of anilines is 1. The Bertz CT molecular complexity index is 773. The van der Waals surface area contributed by atoms with Crippen LogP contribution >= 0.6 is 0 Å². The van der Waals surface area contributed by atoms with Gasteiger partial charge in [0.15, 0.2) is 11.5 Å². The van der Waals surface area contributed by atoms with Gasteiger partial charge in [0.2, 0.25) is 0 Å². The third-order valence-corrected chi connectivity index (χ3v) is 5.21. The van der Waals surface area contributed by atoms with Gasteiger partial charge in [-0.3, -0.25) is 4.90 Å². The Hall–Kier alpha value is -2.60. The lowest BCUT2D eigenvalue weighted by molar-refractivity contribution is 0.211. The van der Waals surface area contributed by atoms with Gasteiger partial charge in [-0.15, -0.1) is 0 Å². The molecule has 28 heavy (non-hydrogen) atoms. The SMILES string of the molecule is COc1ccc(NC2CCN(Cc3ccc(OC)c(OC)c3)CC2)c(OC)c1. The molecular weight excluding hydrogens is 356 g/mol. The topological polar surface area (TPSA) is 52.2 Å². The van der Waals surface area contributed by atoms with Gasteiger partial charge in [0.05, 0.1) is 34.1 Å². The van der Waals surface area contributed by atoms with Crippen LogP contribution in [0.15, 0.2) is 36.4 Å². The number of hydrogen-bond acceptors (Lipinski definition) is 6. The molecule has 6 heteroatoms. The minimum absolute atomic E-state index is 0.434. The van der Waals surface area contributed by atoms with Crippen molar-refractivity contribution in [1.29, 1.82) is 0 Å². The predicted molar refractivity (Wildman–Crippen MR) is 111 cm³/mol. The zero-order valence-electron chi connectivity index (χ0n) is 17.2. The van der Waals surface area contributed by atoms with Gasteiger partial charge < -0.3 is 24.3 Å². The summed E-state index contributed by atoms with van der Waals surface area (Å²) in [5, 5.41) is 3.63. The second kappa shape index (κ2) is 9.55. The minimum Gasteiger partial charge on any atom is -0.497 e. The zero-order valence-corrected chi connectivity index (χ0v) is 17.2. The molecule has 0 radical (unpaired) electrons. The molecule has 152 valence electrons. The molecule has 0 atom stereocenters. The van der Waals surface area contributed by atoms with E-state index in [4.69, 9.17) is 18.9 Å². The maximum Gasteiger partial charge on any atom is 0.161 e. The summed E-state index contributed by atoms with van der Waals surface area (Å²) >= 11 is 0. The van der Waals surface area contributed by atoms with Crippen LogP contribution in [0.4, 0.5) is 5.69 Å². The summed E-state index contributed by atoms with van der Waals surface area (Å²) in [7, 11) is 6.68. The van der Waals surface area contributed by atoms with E-state index < -0.39 is 0 Å². The Morgan fingerprint density at radius 3 is 2.18 bits per heavy atom. The number of methoxy groups -OCH3 is 4. The quantitative estimate of drug-likeness (QED) is 0.745. The van der Waals surface area contributed by atoms with Crippen molar-refractivity contribution in [2.45, 2.75) is 25.4 Å². The van der Waals surface area contributed by atoms with Crippen molar-refractivity contribution < 1.29 is 18.9 Å². The minimum atomic E-state index is 0.434. The molecule has 1 saturated heterocycles. The van der Waals surface area contributed by atoms with Gasteiger partial charge in [-0.05, 0) is 42.7 Å². The number of rotatable bonds is 8. The lowest BCUT2D eigenvalue weighted by Gasteiger charge is -2.33. The molecule has 2 aromatic rings. The first-order valence-electron chi connectivity index (χ1n) is 9.58. The average molecular weight is 386 g/mol. The monoisotopic (exact) mass is 386 g/mol. The number of piperidine rings is 1. The Morgan fingerprint density at radius 2 is 1.54 bits per heavy atom. The molecule has 1 N–H and O–H groups in total. The lowest BCUT2D eigenvalue weighted by atomic mass is 10.0. The predicted octanol–water partition coefficient (Wildman–Crippen LogP) is 3.80. The van der Waals surface area contributed by atoms with Crippen LogP contribution in [0.25, 0.3) is 0 Å². The Kier molecular flexibility index (Phi) is 6.87. The van der Waals surface area contributed by atoms with Crippen molar-refractivity contribution in [3.63, 3.8) is 0 Å². The third kappa shape index (κ3) is 4.81. The molecule has 0 bridgehead atoms. The second-order valence-corrected chi connectivity index (χ2v) is 6.95. The van der Waals surface area contributed by atoms with Gasteiger partial charge in [-0.25, -0.2) is 0 Å². The normalized spacial score (nSPS) is 15.1. The second-order valence-electron chi connectivity index (χ2n) is 6.95. The fourth-order valence-corrected chi connectivity index (χ4v) is 3.61. The van der Waals surface area contributed by atoms with E-state index in [9.17, 15) is 0 Å². The zero-order chi connectivity index (χ0) is 19.9. The van der Waals surface area contributed by atoms with E-state index in [1.54, 1.807) is 28.4 Å². The van der Waals surface area contributed by atoms with E-state index in [2.05, 4.69) is 22.3 Å². The van der Waals surface area contributed by atoms with E-state index in [1.165, 1.54) is 5.56 Å². The number of benzene rings is 2. The molecule has 2 aromatic carbocycles. The maximum atomic E-state index is 5.50. The smallest absolute Gasteiger partial charge is 0.161 e. The number of nitrogens with one attached hydrogen (secondary N) is 1. The highest BCUT2D eigenvalue weighted by Crippen LogP contribution is 2.31. The first kappa shape index (κ1) is 20.1. The molecule has 3 rings (SSSR count). The molecule has 0 aliphatic carbocycles. The van der Waals surface area contributed by atoms with Gasteiger partial charge >= 0.3 is 0 Å². The van der Waals surface area contributed by atoms with Gasteiger partial charge in [0.1, 0.15) is 11.5 Å². The van der Waals surface area contributed by atoms with Crippen LogP contribution in [0.5, 0.6) is 23.0 Å². The van der Waals surface area contributed by atoms with Gasteiger partial charge in [0.25, 0.3) is 0 Å². The summed E-state index contributed by atoms with van der Waals surface area (Å²) in [6.45, 7) is 3.01. The molecule has 1 fully saturated rings. The van der Waals surface area contributed by atoms with Crippen LogP contribution in [-0.2, 0) is 6.54 Å². The number of hydrogen-bond donors (Lipinski definition) is 1. The van der Waals surface area contributed by atoms with E-state index in [0.29, 0.717) is 6.04 Å². The molecular formula is C22H30N2O4. The van der Waals surface area contributed by atoms with E-state index in [0.717, 1.165) is 61.2 Å². The first-order chi connectivity index (χ1) is 13.7. The average Bonchev–Trinajstić information content (AvgIpc) is 2.75. The van der Waals surface area contributed by atoms with Crippen molar-refractivity contribution in [2.24, 2.45) is 0 Å². The highest BCUT2D eigenvalue weighted by Gasteiger charge is 2.20. The fraction of sp³-hybridized carbons (Fsp3) is 0.455. The molecule has 0 spiro atoms. The summed E-state index contributed by atoms with van der Waals surface area (Å²) in [4.78, 5) is 2.48. The van der Waals surface area contributed by atoms with Crippen molar-refractivity contribution in [2.75, 3.05) is 46.8 Å². The molecule has 1 aliphatic heterocycles. The molecule has 1 aliphatic rings. The number of likely N-dealkylation sites (tertiary alicyclic amines) is 1. The molecule has 0 amide bonds. The number of nitrogens with zero attached hydrogens (tertiary/aromatic N) is 1. The van der Waals surface area contributed by atoms with Gasteiger partial charge in [-0.2, -0.15) is 0 Å². The van der Waals surface area contributed by atoms with E-state index >= 15 is 0 Å². The third-order valence-electron chi connectivity index (χ3n) is 5.21. The summed E-state index contributed by atoms with van der Waals surface area (Å²) in [5.41, 5.74) is 2.25. The van der Waals surface area contributed by atoms with Gasteiger partial charge in [-0.1, -0.05) is 6.07 Å². The fourth-order valence-electron chi connectivity index (χ4n) is 3.61. The summed E-state index contributed by atoms with van der Waals surface area (Å²) in [6.07, 6.45) is 2.17. The van der Waals surface area contributed by atoms with Gasteiger partial charge in [0, 0.05) is 31.7 Å². The molecule has 0 saturated carbocycles. The summed E-state index contributed by atoms with van der Waals surface area (Å²) < 4.78 is 21.5. The molecule has 1 heterocycles. The lowest BCUT2D eigenvalue weighted by Crippen LogP contribution is -2.38. The summed E-state index contributed by atoms with van der Waals surface area (Å²) in [6, 6.07) is 12.5. The summed E-state index contributed by atoms with van der Waals surface area (Å²) in [5.74, 6) is 3.16. The van der Waals surface area contributed by atoms with Crippen LogP contribution in [0.1, 0.15) is 18.4 Å². The van der Waals surface area contributed by atoms with Crippen LogP contribution in [0.3, 0.4) is 0 Å². The highest BCUT2D eigenvalue weighted by molar-refractivity contribution is 5.59. The van der Waals surface area contributed by atoms with E-state index in [1.807, 2.05) is 24.3 Å². The van der Waals surface area contributed by atoms with Crippen molar-refractivity contribution in [3.05, 3.63) is 42.0 Å². The standard InChI is InChI=1S/C22H30N2O4/c1-25-18-6-7-19(21(14-18)27-3)23-17-9-11-24(12-10-17)15-16-5-8-20(26-2)22(13-16)28-4/h5-8,13-14,17,23H,9-12,15H2,1-4H3. The Labute approximate surface area is 167 Å². The number of ether oxygens (including phenoxy) is 4. The molecule has 6 nitrogen and oxygen atoms in total. The largest absolute Gasteiger partial charge is 0.497 e. The Balaban J connectivity index is 1.55. The van der Waals surface area contributed by atoms with Crippen molar-refractivity contribution in [3.8, 4) is 23.0 Å². The van der Waals surface area contributed by atoms with Crippen LogP contribution in [-0.4, -0.2) is 52.5 Å². The Morgan fingerprint density at radius 1 is 0.821 bits per heavy atom. The molecule has 0 aromatic heterocycles. The maximum absolute atomic E-state index is 5.50.